The topological polar surface area (TPSA) is 59.3 Å². The smallest absolute Gasteiger partial charge is 0.154 e. The predicted molar refractivity (Wildman–Crippen MR) is 85.2 cm³/mol. The highest BCUT2D eigenvalue weighted by Gasteiger charge is 2.37. The fourth-order valence-corrected chi connectivity index (χ4v) is 3.48. The Bertz CT molecular complexity index is 653. The fourth-order valence-electron chi connectivity index (χ4n) is 3.12. The van der Waals surface area contributed by atoms with Gasteiger partial charge in [0, 0.05) is 29.8 Å². The SMILES string of the molecule is Cc1cc2c(n1CC(C)(C)S(C)(=O)=O)CC(C)(C)CC2O. The van der Waals surface area contributed by atoms with Crippen LogP contribution in [-0.4, -0.2) is 29.1 Å². The lowest BCUT2D eigenvalue weighted by atomic mass is 9.75. The number of aromatic nitrogens is 1. The Labute approximate surface area is 128 Å². The second kappa shape index (κ2) is 4.85. The van der Waals surface area contributed by atoms with Crippen molar-refractivity contribution < 1.29 is 13.5 Å². The molecule has 0 radical (unpaired) electrons. The van der Waals surface area contributed by atoms with Gasteiger partial charge in [0.05, 0.1) is 10.9 Å². The van der Waals surface area contributed by atoms with Gasteiger partial charge in [0.25, 0.3) is 0 Å². The highest BCUT2D eigenvalue weighted by Crippen LogP contribution is 2.42. The number of aryl methyl sites for hydroxylation is 1. The Morgan fingerprint density at radius 2 is 2.00 bits per heavy atom. The molecule has 4 nitrogen and oxygen atoms in total. The molecule has 0 bridgehead atoms. The maximum Gasteiger partial charge on any atom is 0.154 e. The van der Waals surface area contributed by atoms with Crippen LogP contribution in [0, 0.1) is 12.3 Å². The summed E-state index contributed by atoms with van der Waals surface area (Å²) in [4.78, 5) is 0. The van der Waals surface area contributed by atoms with E-state index in [-0.39, 0.29) is 5.41 Å². The predicted octanol–water partition coefficient (Wildman–Crippen LogP) is 2.63. The van der Waals surface area contributed by atoms with Crippen LogP contribution in [0.2, 0.25) is 0 Å². The molecule has 1 aliphatic rings. The minimum absolute atomic E-state index is 0.0319. The molecular formula is C16H27NO3S. The standard InChI is InChI=1S/C16H27NO3S/c1-11-7-12-13(8-15(2,3)9-14(12)18)17(11)10-16(4,5)21(6,19)20/h7,14,18H,8-10H2,1-6H3. The molecule has 0 amide bonds. The van der Waals surface area contributed by atoms with Gasteiger partial charge in [0.1, 0.15) is 0 Å². The van der Waals surface area contributed by atoms with Crippen LogP contribution in [0.5, 0.6) is 0 Å². The quantitative estimate of drug-likeness (QED) is 0.933. The van der Waals surface area contributed by atoms with Gasteiger partial charge >= 0.3 is 0 Å². The Kier molecular flexibility index (Phi) is 3.82. The third-order valence-corrected chi connectivity index (χ3v) is 6.88. The lowest BCUT2D eigenvalue weighted by Crippen LogP contribution is -2.37. The van der Waals surface area contributed by atoms with Crippen LogP contribution in [0.25, 0.3) is 0 Å². The summed E-state index contributed by atoms with van der Waals surface area (Å²) in [5.74, 6) is 0. The van der Waals surface area contributed by atoms with Gasteiger partial charge in [0.15, 0.2) is 9.84 Å². The van der Waals surface area contributed by atoms with Crippen molar-refractivity contribution in [3.8, 4) is 0 Å². The first-order valence-electron chi connectivity index (χ1n) is 7.41. The molecule has 1 heterocycles. The van der Waals surface area contributed by atoms with Gasteiger partial charge in [-0.05, 0) is 45.1 Å². The number of hydrogen-bond acceptors (Lipinski definition) is 3. The lowest BCUT2D eigenvalue weighted by molar-refractivity contribution is 0.0978. The summed E-state index contributed by atoms with van der Waals surface area (Å²) in [7, 11) is -3.15. The Morgan fingerprint density at radius 3 is 2.52 bits per heavy atom. The molecule has 2 rings (SSSR count). The van der Waals surface area contributed by atoms with E-state index in [9.17, 15) is 13.5 Å². The minimum Gasteiger partial charge on any atom is -0.388 e. The first-order valence-corrected chi connectivity index (χ1v) is 9.30. The molecule has 0 aromatic carbocycles. The Morgan fingerprint density at radius 1 is 1.43 bits per heavy atom. The minimum atomic E-state index is -3.15. The monoisotopic (exact) mass is 313 g/mol. The van der Waals surface area contributed by atoms with Crippen LogP contribution in [0.15, 0.2) is 6.07 Å². The average Bonchev–Trinajstić information content (AvgIpc) is 2.54. The van der Waals surface area contributed by atoms with E-state index in [1.807, 2.05) is 13.0 Å². The maximum atomic E-state index is 12.0. The van der Waals surface area contributed by atoms with Crippen LogP contribution in [-0.2, 0) is 22.8 Å². The van der Waals surface area contributed by atoms with Crippen molar-refractivity contribution in [3.05, 3.63) is 23.0 Å². The molecule has 5 heteroatoms. The highest BCUT2D eigenvalue weighted by molar-refractivity contribution is 7.92. The molecule has 21 heavy (non-hydrogen) atoms. The summed E-state index contributed by atoms with van der Waals surface area (Å²) in [5, 5.41) is 10.4. The zero-order valence-corrected chi connectivity index (χ0v) is 14.7. The van der Waals surface area contributed by atoms with Crippen LogP contribution in [0.3, 0.4) is 0 Å². The van der Waals surface area contributed by atoms with E-state index in [0.29, 0.717) is 6.54 Å². The molecule has 1 aromatic rings. The molecule has 1 atom stereocenters. The first kappa shape index (κ1) is 16.6. The van der Waals surface area contributed by atoms with Gasteiger partial charge in [-0.25, -0.2) is 8.42 Å². The van der Waals surface area contributed by atoms with Crippen molar-refractivity contribution in [1.82, 2.24) is 4.57 Å². The fraction of sp³-hybridized carbons (Fsp3) is 0.750. The van der Waals surface area contributed by atoms with Crippen LogP contribution in [0.1, 0.15) is 57.2 Å². The molecule has 1 aromatic heterocycles. The number of hydrogen-bond donors (Lipinski definition) is 1. The van der Waals surface area contributed by atoms with E-state index in [4.69, 9.17) is 0 Å². The van der Waals surface area contributed by atoms with E-state index in [1.165, 1.54) is 6.26 Å². The lowest BCUT2D eigenvalue weighted by Gasteiger charge is -2.35. The number of sulfone groups is 1. The van der Waals surface area contributed by atoms with Crippen molar-refractivity contribution in [2.24, 2.45) is 5.41 Å². The second-order valence-corrected chi connectivity index (χ2v) is 10.5. The average molecular weight is 313 g/mol. The largest absolute Gasteiger partial charge is 0.388 e. The summed E-state index contributed by atoms with van der Waals surface area (Å²) in [6, 6.07) is 2.01. The maximum absolute atomic E-state index is 12.0. The molecule has 0 saturated carbocycles. The molecule has 0 aliphatic heterocycles. The van der Waals surface area contributed by atoms with Crippen molar-refractivity contribution in [1.29, 1.82) is 0 Å². The Hall–Kier alpha value is -0.810. The summed E-state index contributed by atoms with van der Waals surface area (Å²) < 4.78 is 25.2. The molecule has 0 spiro atoms. The van der Waals surface area contributed by atoms with E-state index >= 15 is 0 Å². The van der Waals surface area contributed by atoms with Gasteiger partial charge < -0.3 is 9.67 Å². The highest BCUT2D eigenvalue weighted by atomic mass is 32.2. The zero-order chi connectivity index (χ0) is 16.2. The van der Waals surface area contributed by atoms with Gasteiger partial charge in [0.2, 0.25) is 0 Å². The van der Waals surface area contributed by atoms with E-state index in [0.717, 1.165) is 29.8 Å². The molecule has 1 aliphatic carbocycles. The molecular weight excluding hydrogens is 286 g/mol. The van der Waals surface area contributed by atoms with Crippen molar-refractivity contribution >= 4 is 9.84 Å². The number of aliphatic hydroxyl groups excluding tert-OH is 1. The van der Waals surface area contributed by atoms with E-state index in [2.05, 4.69) is 18.4 Å². The summed E-state index contributed by atoms with van der Waals surface area (Å²) in [6.45, 7) is 10.2. The summed E-state index contributed by atoms with van der Waals surface area (Å²) in [5.41, 5.74) is 3.11. The van der Waals surface area contributed by atoms with E-state index < -0.39 is 20.7 Å². The van der Waals surface area contributed by atoms with Crippen molar-refractivity contribution in [2.75, 3.05) is 6.26 Å². The molecule has 0 fully saturated rings. The molecule has 0 saturated heterocycles. The van der Waals surface area contributed by atoms with Crippen LogP contribution in [0.4, 0.5) is 0 Å². The normalized spacial score (nSPS) is 22.1. The molecule has 120 valence electrons. The Balaban J connectivity index is 2.48. The van der Waals surface area contributed by atoms with Crippen LogP contribution >= 0.6 is 0 Å². The van der Waals surface area contributed by atoms with E-state index in [1.54, 1.807) is 13.8 Å². The second-order valence-electron chi connectivity index (χ2n) is 7.87. The van der Waals surface area contributed by atoms with Crippen LogP contribution < -0.4 is 0 Å². The van der Waals surface area contributed by atoms with Gasteiger partial charge in [-0.15, -0.1) is 0 Å². The number of nitrogens with zero attached hydrogens (tertiary/aromatic N) is 1. The number of rotatable bonds is 3. The zero-order valence-electron chi connectivity index (χ0n) is 13.9. The van der Waals surface area contributed by atoms with Gasteiger partial charge in [-0.1, -0.05) is 13.8 Å². The first-order chi connectivity index (χ1) is 9.34. The van der Waals surface area contributed by atoms with Crippen molar-refractivity contribution in [2.45, 2.75) is 64.9 Å². The number of aliphatic hydroxyl groups is 1. The molecule has 1 N–H and O–H groups in total. The van der Waals surface area contributed by atoms with Gasteiger partial charge in [-0.2, -0.15) is 0 Å². The number of fused-ring (bicyclic) bond motifs is 1. The third kappa shape index (κ3) is 3.04. The molecule has 1 unspecified atom stereocenters. The summed E-state index contributed by atoms with van der Waals surface area (Å²) >= 11 is 0. The third-order valence-electron chi connectivity index (χ3n) is 4.74. The van der Waals surface area contributed by atoms with Gasteiger partial charge in [-0.3, -0.25) is 0 Å². The van der Waals surface area contributed by atoms with Crippen molar-refractivity contribution in [3.63, 3.8) is 0 Å². The summed E-state index contributed by atoms with van der Waals surface area (Å²) in [6.07, 6.45) is 2.45.